The molecule has 2 fully saturated rings. The summed E-state index contributed by atoms with van der Waals surface area (Å²) in [5.41, 5.74) is 2.34. The molecule has 3 aliphatic rings. The maximum atomic E-state index is 14.0. The minimum atomic E-state index is -1.14. The number of hydrogen-bond acceptors (Lipinski definition) is 8. The minimum Gasteiger partial charge on any atom is -0.497 e. The Labute approximate surface area is 258 Å². The normalized spacial score (nSPS) is 28.7. The largest absolute Gasteiger partial charge is 0.497 e. The van der Waals surface area contributed by atoms with Gasteiger partial charge in [0.25, 0.3) is 0 Å². The van der Waals surface area contributed by atoms with Gasteiger partial charge in [-0.05, 0) is 43.2 Å². The van der Waals surface area contributed by atoms with Gasteiger partial charge in [-0.2, -0.15) is 0 Å². The number of aliphatic carboxylic acids is 1. The molecule has 2 bridgehead atoms. The number of fused-ring (bicyclic) bond motifs is 5. The fraction of sp³-hybridized carbons (Fsp3) is 0.606. The van der Waals surface area contributed by atoms with Crippen LogP contribution in [0.4, 0.5) is 4.79 Å². The lowest BCUT2D eigenvalue weighted by Gasteiger charge is -2.35. The molecule has 1 aliphatic carbocycles. The number of aryl methyl sites for hydroxylation is 1. The van der Waals surface area contributed by atoms with E-state index in [2.05, 4.69) is 11.9 Å². The molecule has 11 heteroatoms. The molecule has 5 rings (SSSR count). The summed E-state index contributed by atoms with van der Waals surface area (Å²) in [6.45, 7) is 11.8. The van der Waals surface area contributed by atoms with Gasteiger partial charge in [-0.1, -0.05) is 52.7 Å². The molecular formula is C33H44N4O7. The molecular weight excluding hydrogens is 564 g/mol. The van der Waals surface area contributed by atoms with Crippen molar-refractivity contribution in [3.8, 4) is 11.6 Å². The summed E-state index contributed by atoms with van der Waals surface area (Å²) in [6, 6.07) is 3.34. The topological polar surface area (TPSA) is 140 Å². The third-order valence-corrected chi connectivity index (χ3v) is 9.25. The zero-order chi connectivity index (χ0) is 31.8. The first-order valence-electron chi connectivity index (χ1n) is 15.5. The average molecular weight is 609 g/mol. The van der Waals surface area contributed by atoms with Crippen molar-refractivity contribution in [1.82, 2.24) is 20.2 Å². The molecule has 6 atom stereocenters. The number of alkyl carbamates (subject to hydrolysis) is 1. The summed E-state index contributed by atoms with van der Waals surface area (Å²) in [5, 5.41) is 12.9. The second-order valence-electron chi connectivity index (χ2n) is 13.5. The Morgan fingerprint density at radius 2 is 1.91 bits per heavy atom. The number of aromatic nitrogens is 2. The van der Waals surface area contributed by atoms with Crippen LogP contribution in [0.1, 0.15) is 71.9 Å². The van der Waals surface area contributed by atoms with Crippen molar-refractivity contribution in [3.63, 3.8) is 0 Å². The number of amides is 2. The molecule has 0 radical (unpaired) electrons. The molecule has 238 valence electrons. The summed E-state index contributed by atoms with van der Waals surface area (Å²) in [4.78, 5) is 50.7. The van der Waals surface area contributed by atoms with Gasteiger partial charge < -0.3 is 29.5 Å². The predicted molar refractivity (Wildman–Crippen MR) is 163 cm³/mol. The van der Waals surface area contributed by atoms with Crippen molar-refractivity contribution >= 4 is 29.0 Å². The van der Waals surface area contributed by atoms with E-state index in [1.165, 1.54) is 4.90 Å². The molecule has 1 aromatic carbocycles. The Kier molecular flexibility index (Phi) is 9.04. The smallest absolute Gasteiger partial charge is 0.408 e. The van der Waals surface area contributed by atoms with E-state index in [1.807, 2.05) is 39.8 Å². The number of ether oxygens (including phenoxy) is 3. The van der Waals surface area contributed by atoms with Crippen molar-refractivity contribution in [3.05, 3.63) is 36.0 Å². The number of nitrogens with zero attached hydrogens (tertiary/aromatic N) is 3. The molecule has 2 amide bonds. The number of carboxylic acids is 1. The van der Waals surface area contributed by atoms with Crippen LogP contribution in [0.25, 0.3) is 11.0 Å². The second kappa shape index (κ2) is 12.6. The second-order valence-corrected chi connectivity index (χ2v) is 13.5. The van der Waals surface area contributed by atoms with Gasteiger partial charge in [-0.25, -0.2) is 19.6 Å². The number of carbonyl (C=O) groups is 3. The highest BCUT2D eigenvalue weighted by atomic mass is 16.6. The van der Waals surface area contributed by atoms with Crippen LogP contribution in [-0.4, -0.2) is 75.9 Å². The van der Waals surface area contributed by atoms with Crippen molar-refractivity contribution < 1.29 is 33.7 Å². The molecule has 1 saturated heterocycles. The van der Waals surface area contributed by atoms with Crippen molar-refractivity contribution in [2.24, 2.45) is 17.3 Å². The molecule has 2 aromatic rings. The number of benzene rings is 1. The number of nitrogens with one attached hydrogen (secondary N) is 1. The van der Waals surface area contributed by atoms with E-state index in [9.17, 15) is 19.5 Å². The summed E-state index contributed by atoms with van der Waals surface area (Å²) in [6.07, 6.45) is 3.45. The van der Waals surface area contributed by atoms with E-state index in [1.54, 1.807) is 13.2 Å². The van der Waals surface area contributed by atoms with E-state index in [0.717, 1.165) is 37.7 Å². The van der Waals surface area contributed by atoms with Gasteiger partial charge in [0.05, 0.1) is 24.7 Å². The number of hydrogen-bond donors (Lipinski definition) is 2. The van der Waals surface area contributed by atoms with Crippen molar-refractivity contribution in [2.45, 2.75) is 96.9 Å². The Morgan fingerprint density at radius 1 is 1.14 bits per heavy atom. The van der Waals surface area contributed by atoms with E-state index in [-0.39, 0.29) is 30.9 Å². The molecule has 2 aliphatic heterocycles. The van der Waals surface area contributed by atoms with Crippen LogP contribution in [0.3, 0.4) is 0 Å². The van der Waals surface area contributed by atoms with E-state index in [4.69, 9.17) is 24.2 Å². The zero-order valence-electron chi connectivity index (χ0n) is 26.3. The Morgan fingerprint density at radius 3 is 2.61 bits per heavy atom. The van der Waals surface area contributed by atoms with Crippen molar-refractivity contribution in [2.75, 3.05) is 13.7 Å². The van der Waals surface area contributed by atoms with Crippen LogP contribution in [0.2, 0.25) is 0 Å². The quantitative estimate of drug-likeness (QED) is 0.455. The number of carboxylic acid groups (broad SMARTS) is 1. The maximum Gasteiger partial charge on any atom is 0.408 e. The molecule has 0 spiro atoms. The monoisotopic (exact) mass is 608 g/mol. The Bertz CT molecular complexity index is 1440. The fourth-order valence-electron chi connectivity index (χ4n) is 6.67. The van der Waals surface area contributed by atoms with E-state index >= 15 is 0 Å². The van der Waals surface area contributed by atoms with Gasteiger partial charge in [0.15, 0.2) is 0 Å². The highest BCUT2D eigenvalue weighted by molar-refractivity contribution is 5.90. The number of methoxy groups -OCH3 is 1. The van der Waals surface area contributed by atoms with Crippen LogP contribution in [-0.2, 0) is 20.7 Å². The molecule has 1 saturated carbocycles. The minimum absolute atomic E-state index is 0.00192. The predicted octanol–water partition coefficient (Wildman–Crippen LogP) is 4.91. The third-order valence-electron chi connectivity index (χ3n) is 9.25. The Balaban J connectivity index is 1.51. The summed E-state index contributed by atoms with van der Waals surface area (Å²) in [7, 11) is 1.58. The standard InChI is InChI=1S/C33H44N4O7/c1-18-14-20-10-8-7-9-11-24-29(35-25-15-21(42-6)12-13-23(25)34-24)43-22-16-26(31(39)40)37(17-22)30(38)28(33(3,4)5)36-32(41)44-27(20)19(18)2/h12-13,15,19-20,22,26-28H,1,7-11,14,16-17H2,2-6H3,(H,36,41)(H,39,40)/t19-,20-,22-,26+,27-,28-/m1/s1. The van der Waals surface area contributed by atoms with Gasteiger partial charge in [-0.3, -0.25) is 4.79 Å². The van der Waals surface area contributed by atoms with Crippen LogP contribution in [0, 0.1) is 17.3 Å². The SMILES string of the molecule is C=C1C[C@H]2CCCCCc3nc4ccc(OC)cc4nc3O[C@@H]3C[C@@H](C(=O)O)N(C3)C(=O)[C@H](C(C)(C)C)NC(=O)O[C@@H]2[C@@H]1C. The van der Waals surface area contributed by atoms with Gasteiger partial charge in [0.1, 0.15) is 35.7 Å². The van der Waals surface area contributed by atoms with Gasteiger partial charge in [0.2, 0.25) is 11.8 Å². The van der Waals surface area contributed by atoms with Gasteiger partial charge in [-0.15, -0.1) is 0 Å². The summed E-state index contributed by atoms with van der Waals surface area (Å²) < 4.78 is 17.7. The lowest BCUT2D eigenvalue weighted by Crippen LogP contribution is -2.57. The van der Waals surface area contributed by atoms with Crippen LogP contribution < -0.4 is 14.8 Å². The number of carbonyl (C=O) groups excluding carboxylic acids is 2. The van der Waals surface area contributed by atoms with Crippen molar-refractivity contribution in [1.29, 1.82) is 0 Å². The fourth-order valence-corrected chi connectivity index (χ4v) is 6.67. The first kappa shape index (κ1) is 31.5. The lowest BCUT2D eigenvalue weighted by molar-refractivity contribution is -0.150. The molecule has 44 heavy (non-hydrogen) atoms. The first-order valence-corrected chi connectivity index (χ1v) is 15.5. The molecule has 3 heterocycles. The molecule has 2 N–H and O–H groups in total. The van der Waals surface area contributed by atoms with E-state index < -0.39 is 41.6 Å². The molecule has 0 unspecified atom stereocenters. The number of rotatable bonds is 2. The maximum absolute atomic E-state index is 14.0. The van der Waals surface area contributed by atoms with Crippen LogP contribution in [0.5, 0.6) is 11.6 Å². The third kappa shape index (κ3) is 6.61. The van der Waals surface area contributed by atoms with Crippen LogP contribution >= 0.6 is 0 Å². The summed E-state index contributed by atoms with van der Waals surface area (Å²) in [5.74, 6) is -0.522. The lowest BCUT2D eigenvalue weighted by atomic mass is 9.85. The highest BCUT2D eigenvalue weighted by Crippen LogP contribution is 2.40. The average Bonchev–Trinajstić information content (AvgIpc) is 3.51. The van der Waals surface area contributed by atoms with Gasteiger partial charge >= 0.3 is 12.1 Å². The Hall–Kier alpha value is -3.89. The summed E-state index contributed by atoms with van der Waals surface area (Å²) >= 11 is 0. The highest BCUT2D eigenvalue weighted by Gasteiger charge is 2.47. The first-order chi connectivity index (χ1) is 20.8. The zero-order valence-corrected chi connectivity index (χ0v) is 26.3. The van der Waals surface area contributed by atoms with Crippen LogP contribution in [0.15, 0.2) is 30.4 Å². The van der Waals surface area contributed by atoms with Gasteiger partial charge in [0, 0.05) is 24.3 Å². The molecule has 1 aromatic heterocycles. The molecule has 11 nitrogen and oxygen atoms in total. The van der Waals surface area contributed by atoms with E-state index in [0.29, 0.717) is 34.8 Å².